The van der Waals surface area contributed by atoms with Crippen LogP contribution in [0.5, 0.6) is 0 Å². The fourth-order valence-corrected chi connectivity index (χ4v) is 9.02. The van der Waals surface area contributed by atoms with E-state index in [1.54, 1.807) is 43.4 Å². The maximum atomic E-state index is 14.5. The second-order valence-corrected chi connectivity index (χ2v) is 16.3. The summed E-state index contributed by atoms with van der Waals surface area (Å²) in [6.07, 6.45) is 11.6. The molecule has 0 saturated carbocycles. The third-order valence-electron chi connectivity index (χ3n) is 12.3. The third kappa shape index (κ3) is 7.85. The first-order valence-electron chi connectivity index (χ1n) is 19.9. The van der Waals surface area contributed by atoms with E-state index in [0.29, 0.717) is 48.7 Å². The molecule has 12 heteroatoms. The van der Waals surface area contributed by atoms with Gasteiger partial charge in [0, 0.05) is 25.2 Å². The molecule has 3 saturated heterocycles. The number of aliphatic hydroxyl groups is 1. The normalized spacial score (nSPS) is 39.2. The van der Waals surface area contributed by atoms with Gasteiger partial charge in [0.2, 0.25) is 11.5 Å². The van der Waals surface area contributed by atoms with Crippen LogP contribution in [0.15, 0.2) is 92.7 Å². The number of rotatable bonds is 6. The molecule has 0 aromatic carbocycles. The molecule has 1 spiro atoms. The minimum atomic E-state index is -1.93. The van der Waals surface area contributed by atoms with E-state index in [1.807, 2.05) is 26.0 Å². The van der Waals surface area contributed by atoms with Gasteiger partial charge in [-0.2, -0.15) is 0 Å². The smallest absolute Gasteiger partial charge is 0.374 e. The number of ether oxygens (including phenoxy) is 6. The molecule has 302 valence electrons. The Morgan fingerprint density at radius 2 is 1.68 bits per heavy atom. The summed E-state index contributed by atoms with van der Waals surface area (Å²) in [5, 5.41) is 12.8. The van der Waals surface area contributed by atoms with Gasteiger partial charge in [0.25, 0.3) is 0 Å². The number of hydrogen-bond donors (Lipinski definition) is 1. The molecule has 3 fully saturated rings. The van der Waals surface area contributed by atoms with Crippen molar-refractivity contribution in [1.82, 2.24) is 0 Å². The first-order valence-corrected chi connectivity index (χ1v) is 19.9. The molecule has 0 unspecified atom stereocenters. The first-order chi connectivity index (χ1) is 26.8. The number of carbonyl (C=O) groups is 3. The number of furan rings is 2. The summed E-state index contributed by atoms with van der Waals surface area (Å²) in [6.45, 7) is 12.1. The quantitative estimate of drug-likeness (QED) is 0.176. The van der Waals surface area contributed by atoms with E-state index in [-0.39, 0.29) is 30.1 Å². The van der Waals surface area contributed by atoms with Gasteiger partial charge in [-0.25, -0.2) is 9.59 Å². The van der Waals surface area contributed by atoms with E-state index < -0.39 is 65.7 Å². The Bertz CT molecular complexity index is 1850. The van der Waals surface area contributed by atoms with Crippen LogP contribution in [0.2, 0.25) is 0 Å². The zero-order chi connectivity index (χ0) is 39.8. The van der Waals surface area contributed by atoms with Gasteiger partial charge in [0.15, 0.2) is 11.9 Å². The second-order valence-electron chi connectivity index (χ2n) is 16.3. The summed E-state index contributed by atoms with van der Waals surface area (Å²) in [7, 11) is 0. The number of carbonyl (C=O) groups excluding carboxylic acids is 3. The van der Waals surface area contributed by atoms with Crippen LogP contribution < -0.4 is 0 Å². The minimum absolute atomic E-state index is 0.000428. The van der Waals surface area contributed by atoms with Crippen LogP contribution >= 0.6 is 0 Å². The fourth-order valence-electron chi connectivity index (χ4n) is 9.02. The van der Waals surface area contributed by atoms with Crippen LogP contribution in [0.3, 0.4) is 0 Å². The molecule has 2 bridgehead atoms. The zero-order valence-corrected chi connectivity index (χ0v) is 33.0. The molecular formula is C44H54O12. The molecule has 5 aliphatic rings. The third-order valence-corrected chi connectivity index (χ3v) is 12.3. The zero-order valence-electron chi connectivity index (χ0n) is 33.0. The Morgan fingerprint density at radius 3 is 2.34 bits per heavy atom. The van der Waals surface area contributed by atoms with Crippen LogP contribution in [0.1, 0.15) is 101 Å². The molecule has 2 aromatic rings. The van der Waals surface area contributed by atoms with Gasteiger partial charge in [-0.3, -0.25) is 4.79 Å². The number of fused-ring (bicyclic) bond motifs is 2. The average Bonchev–Trinajstić information content (AvgIpc) is 3.97. The predicted molar refractivity (Wildman–Crippen MR) is 202 cm³/mol. The lowest BCUT2D eigenvalue weighted by Gasteiger charge is -2.51. The number of hydrogen-bond acceptors (Lipinski definition) is 12. The summed E-state index contributed by atoms with van der Waals surface area (Å²) in [4.78, 5) is 40.8. The van der Waals surface area contributed by atoms with Crippen LogP contribution in [0, 0.1) is 23.7 Å². The summed E-state index contributed by atoms with van der Waals surface area (Å²) in [5.41, 5.74) is -0.185. The summed E-state index contributed by atoms with van der Waals surface area (Å²) in [5.74, 6) is -3.71. The van der Waals surface area contributed by atoms with E-state index >= 15 is 0 Å². The van der Waals surface area contributed by atoms with Crippen molar-refractivity contribution in [2.24, 2.45) is 23.7 Å². The molecular weight excluding hydrogens is 720 g/mol. The Hall–Kier alpha value is -4.23. The van der Waals surface area contributed by atoms with Crippen molar-refractivity contribution in [2.75, 3.05) is 6.61 Å². The Labute approximate surface area is 327 Å². The van der Waals surface area contributed by atoms with Crippen molar-refractivity contribution < 1.29 is 56.7 Å². The van der Waals surface area contributed by atoms with Gasteiger partial charge in [-0.15, -0.1) is 0 Å². The van der Waals surface area contributed by atoms with E-state index in [4.69, 9.17) is 37.3 Å². The molecule has 1 N–H and O–H groups in total. The van der Waals surface area contributed by atoms with Crippen molar-refractivity contribution in [2.45, 2.75) is 128 Å². The SMILES string of the molecule is CC[C@H](C)[C@H]1O[C@]2(CC[C@@H]1C)C[C@@H]1C[C@@H](C/C=C(\C)[C@@H](OC(=O)c3ccco3)[C@@H](C)/C=C/C=C3\CO[C@@H]4[C@H](OC(=O)c5ccco5)C(C)=C[C@@H](C(=O)O1)[C@]34O)O2. The largest absolute Gasteiger partial charge is 0.462 e. The van der Waals surface area contributed by atoms with Crippen molar-refractivity contribution in [3.8, 4) is 0 Å². The molecule has 6 heterocycles. The van der Waals surface area contributed by atoms with Gasteiger partial charge in [0.1, 0.15) is 29.8 Å². The van der Waals surface area contributed by atoms with Crippen LogP contribution in [-0.4, -0.2) is 77.6 Å². The number of esters is 3. The Balaban J connectivity index is 1.27. The monoisotopic (exact) mass is 774 g/mol. The molecule has 12 nitrogen and oxygen atoms in total. The van der Waals surface area contributed by atoms with Crippen LogP contribution in [0.25, 0.3) is 0 Å². The summed E-state index contributed by atoms with van der Waals surface area (Å²) < 4.78 is 49.0. The topological polar surface area (TPSA) is 153 Å². The van der Waals surface area contributed by atoms with Gasteiger partial charge in [-0.1, -0.05) is 64.5 Å². The number of allylic oxidation sites excluding steroid dienone is 2. The van der Waals surface area contributed by atoms with Crippen LogP contribution in [-0.2, 0) is 33.2 Å². The standard InChI is InChI=1S/C44H54O12/c1-7-25(2)37-28(5)17-18-43(56-37)23-32-22-31(55-43)16-15-27(4)36(53-41(46)34-13-9-19-49-34)26(3)11-8-12-30-24-51-39-38(54-42(47)35-14-10-20-50-35)29(6)21-33(40(45)52-32)44(30,39)48/h8-15,19-21,25-26,28,31-33,36-39,48H,7,16-18,22-24H2,1-6H3/b11-8+,27-15+,30-12+/t25-,26-,28-,31+,32-,33-,36-,37+,38+,39+,43+,44+/m0/s1. The Morgan fingerprint density at radius 1 is 0.982 bits per heavy atom. The van der Waals surface area contributed by atoms with Crippen molar-refractivity contribution in [3.05, 3.63) is 95.4 Å². The highest BCUT2D eigenvalue weighted by Crippen LogP contribution is 2.48. The molecule has 1 aliphatic carbocycles. The lowest BCUT2D eigenvalue weighted by atomic mass is 9.70. The highest BCUT2D eigenvalue weighted by atomic mass is 16.7. The van der Waals surface area contributed by atoms with Gasteiger partial charge in [-0.05, 0) is 79.5 Å². The Kier molecular flexibility index (Phi) is 11.7. The molecule has 12 atom stereocenters. The fraction of sp³-hybridized carbons (Fsp3) is 0.568. The maximum Gasteiger partial charge on any atom is 0.374 e. The molecule has 0 amide bonds. The maximum absolute atomic E-state index is 14.5. The molecule has 56 heavy (non-hydrogen) atoms. The van der Waals surface area contributed by atoms with Crippen molar-refractivity contribution >= 4 is 17.9 Å². The lowest BCUT2D eigenvalue weighted by Crippen LogP contribution is -2.59. The van der Waals surface area contributed by atoms with Gasteiger partial charge in [0.05, 0.1) is 31.3 Å². The summed E-state index contributed by atoms with van der Waals surface area (Å²) >= 11 is 0. The van der Waals surface area contributed by atoms with E-state index in [1.165, 1.54) is 18.6 Å². The van der Waals surface area contributed by atoms with E-state index in [9.17, 15) is 19.5 Å². The van der Waals surface area contributed by atoms with E-state index in [2.05, 4.69) is 20.8 Å². The summed E-state index contributed by atoms with van der Waals surface area (Å²) in [6, 6.07) is 6.26. The molecule has 7 rings (SSSR count). The lowest BCUT2D eigenvalue weighted by molar-refractivity contribution is -0.340. The minimum Gasteiger partial charge on any atom is -0.462 e. The van der Waals surface area contributed by atoms with E-state index in [0.717, 1.165) is 18.4 Å². The highest BCUT2D eigenvalue weighted by Gasteiger charge is 2.61. The molecule has 4 aliphatic heterocycles. The van der Waals surface area contributed by atoms with Gasteiger partial charge < -0.3 is 42.4 Å². The molecule has 2 aromatic heterocycles. The highest BCUT2D eigenvalue weighted by molar-refractivity contribution is 5.87. The second kappa shape index (κ2) is 16.3. The van der Waals surface area contributed by atoms with Gasteiger partial charge >= 0.3 is 17.9 Å². The first kappa shape index (κ1) is 40.0. The van der Waals surface area contributed by atoms with Crippen LogP contribution in [0.4, 0.5) is 0 Å². The molecule has 0 radical (unpaired) electrons. The average molecular weight is 775 g/mol. The van der Waals surface area contributed by atoms with Crippen molar-refractivity contribution in [1.29, 1.82) is 0 Å². The van der Waals surface area contributed by atoms with Crippen molar-refractivity contribution in [3.63, 3.8) is 0 Å². The predicted octanol–water partition coefficient (Wildman–Crippen LogP) is 7.45.